The smallest absolute Gasteiger partial charge is 0.00202 e. The lowest BCUT2D eigenvalue weighted by Gasteiger charge is -2.12. The summed E-state index contributed by atoms with van der Waals surface area (Å²) in [7, 11) is 0. The van der Waals surface area contributed by atoms with Crippen molar-refractivity contribution in [3.63, 3.8) is 0 Å². The van der Waals surface area contributed by atoms with Crippen LogP contribution in [0.1, 0.15) is 34.7 Å². The predicted octanol–water partition coefficient (Wildman–Crippen LogP) is 5.43. The summed E-state index contributed by atoms with van der Waals surface area (Å²) in [5.74, 6) is 0. The Morgan fingerprint density at radius 3 is 1.55 bits per heavy atom. The van der Waals surface area contributed by atoms with Crippen LogP contribution in [0.2, 0.25) is 0 Å². The van der Waals surface area contributed by atoms with Crippen molar-refractivity contribution in [2.45, 2.75) is 26.2 Å². The maximum atomic E-state index is 2.27. The Kier molecular flexibility index (Phi) is 4.70. The summed E-state index contributed by atoms with van der Waals surface area (Å²) in [6.07, 6.45) is 3.12. The molecule has 0 aliphatic heterocycles. The largest absolute Gasteiger partial charge is 0.0622 e. The van der Waals surface area contributed by atoms with E-state index in [0.29, 0.717) is 0 Å². The van der Waals surface area contributed by atoms with Gasteiger partial charge in [0.15, 0.2) is 0 Å². The molecule has 0 atom stereocenters. The molecular weight excluding hydrogens is 264 g/mol. The summed E-state index contributed by atoms with van der Waals surface area (Å²) in [6.45, 7) is 2.23. The maximum absolute atomic E-state index is 2.27. The third-order valence-electron chi connectivity index (χ3n) is 4.24. The lowest BCUT2D eigenvalue weighted by molar-refractivity contribution is 1.04. The van der Waals surface area contributed by atoms with Gasteiger partial charge < -0.3 is 0 Å². The SMILES string of the molecule is CCc1ccccc1Cc1ccccc1Cc1ccccc1. The van der Waals surface area contributed by atoms with Gasteiger partial charge in [-0.3, -0.25) is 0 Å². The molecule has 0 saturated heterocycles. The summed E-state index contributed by atoms with van der Waals surface area (Å²) in [5.41, 5.74) is 7.15. The zero-order chi connectivity index (χ0) is 15.2. The molecule has 0 aliphatic carbocycles. The Labute approximate surface area is 133 Å². The van der Waals surface area contributed by atoms with Gasteiger partial charge >= 0.3 is 0 Å². The highest BCUT2D eigenvalue weighted by Crippen LogP contribution is 2.20. The van der Waals surface area contributed by atoms with Crippen molar-refractivity contribution in [3.05, 3.63) is 107 Å². The van der Waals surface area contributed by atoms with E-state index >= 15 is 0 Å². The van der Waals surface area contributed by atoms with Crippen LogP contribution in [0.25, 0.3) is 0 Å². The molecular formula is C22H22. The van der Waals surface area contributed by atoms with Crippen molar-refractivity contribution in [1.29, 1.82) is 0 Å². The van der Waals surface area contributed by atoms with E-state index in [9.17, 15) is 0 Å². The molecule has 0 N–H and O–H groups in total. The maximum Gasteiger partial charge on any atom is -0.00202 e. The molecule has 0 spiro atoms. The summed E-state index contributed by atoms with van der Waals surface area (Å²) >= 11 is 0. The topological polar surface area (TPSA) is 0 Å². The van der Waals surface area contributed by atoms with Gasteiger partial charge in [0.1, 0.15) is 0 Å². The van der Waals surface area contributed by atoms with Gasteiger partial charge in [-0.2, -0.15) is 0 Å². The summed E-state index contributed by atoms with van der Waals surface area (Å²) in [5, 5.41) is 0. The highest BCUT2D eigenvalue weighted by molar-refractivity contribution is 5.38. The van der Waals surface area contributed by atoms with Crippen LogP contribution in [-0.2, 0) is 19.3 Å². The molecule has 110 valence electrons. The van der Waals surface area contributed by atoms with E-state index in [2.05, 4.69) is 85.8 Å². The molecule has 0 radical (unpaired) electrons. The molecule has 0 unspecified atom stereocenters. The first-order chi connectivity index (χ1) is 10.9. The molecule has 0 amide bonds. The molecule has 0 heteroatoms. The van der Waals surface area contributed by atoms with Crippen LogP contribution in [0.3, 0.4) is 0 Å². The predicted molar refractivity (Wildman–Crippen MR) is 94.3 cm³/mol. The Balaban J connectivity index is 1.88. The van der Waals surface area contributed by atoms with Crippen LogP contribution in [0.15, 0.2) is 78.9 Å². The molecule has 22 heavy (non-hydrogen) atoms. The molecule has 3 aromatic rings. The Morgan fingerprint density at radius 1 is 0.500 bits per heavy atom. The quantitative estimate of drug-likeness (QED) is 0.586. The van der Waals surface area contributed by atoms with Crippen LogP contribution in [0.4, 0.5) is 0 Å². The minimum atomic E-state index is 1.01. The fourth-order valence-electron chi connectivity index (χ4n) is 3.00. The first-order valence-electron chi connectivity index (χ1n) is 8.04. The molecule has 0 saturated carbocycles. The normalized spacial score (nSPS) is 10.6. The summed E-state index contributed by atoms with van der Waals surface area (Å²) in [4.78, 5) is 0. The average Bonchev–Trinajstić information content (AvgIpc) is 2.58. The van der Waals surface area contributed by atoms with E-state index in [0.717, 1.165) is 19.3 Å². The lowest BCUT2D eigenvalue weighted by Crippen LogP contribution is -1.99. The summed E-state index contributed by atoms with van der Waals surface area (Å²) < 4.78 is 0. The van der Waals surface area contributed by atoms with E-state index in [-0.39, 0.29) is 0 Å². The zero-order valence-corrected chi connectivity index (χ0v) is 13.1. The van der Waals surface area contributed by atoms with Crippen LogP contribution in [0, 0.1) is 0 Å². The first kappa shape index (κ1) is 14.6. The number of aryl methyl sites for hydroxylation is 1. The van der Waals surface area contributed by atoms with Gasteiger partial charge in [-0.25, -0.2) is 0 Å². The van der Waals surface area contributed by atoms with Crippen molar-refractivity contribution in [1.82, 2.24) is 0 Å². The molecule has 0 aromatic heterocycles. The van der Waals surface area contributed by atoms with Crippen molar-refractivity contribution in [2.75, 3.05) is 0 Å². The molecule has 0 aliphatic rings. The molecule has 0 fully saturated rings. The Morgan fingerprint density at radius 2 is 0.955 bits per heavy atom. The van der Waals surface area contributed by atoms with E-state index in [1.165, 1.54) is 27.8 Å². The van der Waals surface area contributed by atoms with Gasteiger partial charge in [-0.1, -0.05) is 85.8 Å². The van der Waals surface area contributed by atoms with Crippen LogP contribution in [-0.4, -0.2) is 0 Å². The fraction of sp³-hybridized carbons (Fsp3) is 0.182. The first-order valence-corrected chi connectivity index (χ1v) is 8.04. The average molecular weight is 286 g/mol. The number of benzene rings is 3. The van der Waals surface area contributed by atoms with Gasteiger partial charge in [0.25, 0.3) is 0 Å². The van der Waals surface area contributed by atoms with Crippen molar-refractivity contribution < 1.29 is 0 Å². The van der Waals surface area contributed by atoms with Crippen LogP contribution < -0.4 is 0 Å². The fourth-order valence-corrected chi connectivity index (χ4v) is 3.00. The molecule has 0 bridgehead atoms. The van der Waals surface area contributed by atoms with Crippen molar-refractivity contribution >= 4 is 0 Å². The van der Waals surface area contributed by atoms with Gasteiger partial charge in [-0.05, 0) is 47.1 Å². The zero-order valence-electron chi connectivity index (χ0n) is 13.1. The highest BCUT2D eigenvalue weighted by atomic mass is 14.1. The second-order valence-corrected chi connectivity index (χ2v) is 5.73. The van der Waals surface area contributed by atoms with E-state index in [1.807, 2.05) is 0 Å². The second-order valence-electron chi connectivity index (χ2n) is 5.73. The van der Waals surface area contributed by atoms with Crippen molar-refractivity contribution in [2.24, 2.45) is 0 Å². The van der Waals surface area contributed by atoms with Gasteiger partial charge in [-0.15, -0.1) is 0 Å². The molecule has 0 nitrogen and oxygen atoms in total. The Hall–Kier alpha value is -2.34. The molecule has 3 aromatic carbocycles. The summed E-state index contributed by atoms with van der Waals surface area (Å²) in [6, 6.07) is 28.3. The Bertz CT molecular complexity index is 726. The number of rotatable bonds is 5. The highest BCUT2D eigenvalue weighted by Gasteiger charge is 2.06. The lowest BCUT2D eigenvalue weighted by atomic mass is 9.93. The van der Waals surface area contributed by atoms with Crippen molar-refractivity contribution in [3.8, 4) is 0 Å². The minimum Gasteiger partial charge on any atom is -0.0622 e. The van der Waals surface area contributed by atoms with E-state index in [4.69, 9.17) is 0 Å². The standard InChI is InChI=1S/C22H22/c1-2-19-12-6-7-14-21(19)17-22-15-9-8-13-20(22)16-18-10-4-3-5-11-18/h3-15H,2,16-17H2,1H3. The number of hydrogen-bond acceptors (Lipinski definition) is 0. The van der Waals surface area contributed by atoms with E-state index in [1.54, 1.807) is 0 Å². The third kappa shape index (κ3) is 3.46. The minimum absolute atomic E-state index is 1.01. The third-order valence-corrected chi connectivity index (χ3v) is 4.24. The number of hydrogen-bond donors (Lipinski definition) is 0. The monoisotopic (exact) mass is 286 g/mol. The van der Waals surface area contributed by atoms with Gasteiger partial charge in [0.2, 0.25) is 0 Å². The van der Waals surface area contributed by atoms with Gasteiger partial charge in [0, 0.05) is 0 Å². The molecule has 3 rings (SSSR count). The van der Waals surface area contributed by atoms with Crippen LogP contribution >= 0.6 is 0 Å². The second kappa shape index (κ2) is 7.09. The van der Waals surface area contributed by atoms with E-state index < -0.39 is 0 Å². The molecule has 0 heterocycles. The van der Waals surface area contributed by atoms with Crippen LogP contribution in [0.5, 0.6) is 0 Å². The van der Waals surface area contributed by atoms with Gasteiger partial charge in [0.05, 0.1) is 0 Å².